The van der Waals surface area contributed by atoms with E-state index in [9.17, 15) is 13.2 Å². The highest BCUT2D eigenvalue weighted by Gasteiger charge is 2.41. The first-order valence-electron chi connectivity index (χ1n) is 7.94. The third-order valence-electron chi connectivity index (χ3n) is 3.91. The first kappa shape index (κ1) is 18.5. The molecule has 138 valence electrons. The molecule has 26 heavy (non-hydrogen) atoms. The van der Waals surface area contributed by atoms with Crippen molar-refractivity contribution < 1.29 is 22.7 Å². The zero-order chi connectivity index (χ0) is 18.8. The number of rotatable bonds is 4. The number of anilines is 1. The molecule has 1 aliphatic rings. The van der Waals surface area contributed by atoms with Crippen LogP contribution in [0.3, 0.4) is 0 Å². The third kappa shape index (κ3) is 4.47. The molecule has 0 fully saturated rings. The number of para-hydroxylation sites is 2. The van der Waals surface area contributed by atoms with Crippen molar-refractivity contribution in [2.45, 2.75) is 19.1 Å². The molecule has 3 rings (SSSR count). The molecule has 0 bridgehead atoms. The SMILES string of the molecule is CC1(CS(=O)(=O)Cl)CN(C(=O)OCc2ccccc2)c2ccccc2O1. The van der Waals surface area contributed by atoms with E-state index >= 15 is 0 Å². The van der Waals surface area contributed by atoms with Gasteiger partial charge in [-0.25, -0.2) is 13.2 Å². The van der Waals surface area contributed by atoms with Gasteiger partial charge in [-0.2, -0.15) is 0 Å². The lowest BCUT2D eigenvalue weighted by Gasteiger charge is -2.40. The summed E-state index contributed by atoms with van der Waals surface area (Å²) in [7, 11) is 1.59. The van der Waals surface area contributed by atoms with Crippen LogP contribution in [0.2, 0.25) is 0 Å². The van der Waals surface area contributed by atoms with Crippen LogP contribution in [0.4, 0.5) is 10.5 Å². The van der Waals surface area contributed by atoms with E-state index in [0.717, 1.165) is 5.56 Å². The molecule has 0 saturated carbocycles. The van der Waals surface area contributed by atoms with Gasteiger partial charge in [-0.3, -0.25) is 4.90 Å². The van der Waals surface area contributed by atoms with Crippen molar-refractivity contribution in [3.05, 3.63) is 60.2 Å². The van der Waals surface area contributed by atoms with E-state index in [-0.39, 0.29) is 13.2 Å². The van der Waals surface area contributed by atoms with Gasteiger partial charge in [0.05, 0.1) is 12.2 Å². The van der Waals surface area contributed by atoms with Crippen LogP contribution < -0.4 is 9.64 Å². The van der Waals surface area contributed by atoms with Crippen molar-refractivity contribution in [3.8, 4) is 5.75 Å². The predicted molar refractivity (Wildman–Crippen MR) is 99.1 cm³/mol. The summed E-state index contributed by atoms with van der Waals surface area (Å²) >= 11 is 0. The molecule has 8 heteroatoms. The van der Waals surface area contributed by atoms with Gasteiger partial charge in [-0.15, -0.1) is 0 Å². The summed E-state index contributed by atoms with van der Waals surface area (Å²) in [6.07, 6.45) is -0.581. The van der Waals surface area contributed by atoms with Gasteiger partial charge in [0.2, 0.25) is 9.05 Å². The van der Waals surface area contributed by atoms with Crippen LogP contribution in [-0.2, 0) is 20.4 Å². The van der Waals surface area contributed by atoms with Crippen LogP contribution >= 0.6 is 10.7 Å². The van der Waals surface area contributed by atoms with Gasteiger partial charge in [0.1, 0.15) is 23.7 Å². The Morgan fingerprint density at radius 2 is 1.85 bits per heavy atom. The molecule has 2 aromatic rings. The highest BCUT2D eigenvalue weighted by atomic mass is 35.7. The number of benzene rings is 2. The van der Waals surface area contributed by atoms with Gasteiger partial charge in [0, 0.05) is 10.7 Å². The van der Waals surface area contributed by atoms with E-state index < -0.39 is 26.5 Å². The van der Waals surface area contributed by atoms with Crippen LogP contribution in [0.1, 0.15) is 12.5 Å². The maximum atomic E-state index is 12.7. The molecule has 1 aliphatic heterocycles. The van der Waals surface area contributed by atoms with Gasteiger partial charge < -0.3 is 9.47 Å². The molecule has 1 unspecified atom stereocenters. The van der Waals surface area contributed by atoms with Crippen molar-refractivity contribution >= 4 is 31.5 Å². The Labute approximate surface area is 156 Å². The summed E-state index contributed by atoms with van der Waals surface area (Å²) in [5.41, 5.74) is 0.198. The van der Waals surface area contributed by atoms with Crippen LogP contribution in [0.5, 0.6) is 5.75 Å². The molecule has 0 aromatic heterocycles. The summed E-state index contributed by atoms with van der Waals surface area (Å²) in [5.74, 6) is -0.0311. The zero-order valence-corrected chi connectivity index (χ0v) is 15.7. The highest BCUT2D eigenvalue weighted by molar-refractivity contribution is 8.13. The van der Waals surface area contributed by atoms with Gasteiger partial charge in [0.25, 0.3) is 0 Å². The number of hydrogen-bond acceptors (Lipinski definition) is 5. The van der Waals surface area contributed by atoms with Gasteiger partial charge in [-0.05, 0) is 24.6 Å². The summed E-state index contributed by atoms with van der Waals surface area (Å²) in [6, 6.07) is 16.2. The fourth-order valence-electron chi connectivity index (χ4n) is 2.88. The summed E-state index contributed by atoms with van der Waals surface area (Å²) in [5, 5.41) is 0. The number of carbonyl (C=O) groups is 1. The first-order chi connectivity index (χ1) is 12.3. The number of ether oxygens (including phenoxy) is 2. The Morgan fingerprint density at radius 3 is 2.54 bits per heavy atom. The molecule has 0 aliphatic carbocycles. The van der Waals surface area contributed by atoms with Crippen molar-refractivity contribution in [2.75, 3.05) is 17.2 Å². The Bertz CT molecular complexity index is 903. The first-order valence-corrected chi connectivity index (χ1v) is 10.4. The standard InChI is InChI=1S/C18H18ClNO5S/c1-18(13-26(19,22)23)12-20(15-9-5-6-10-16(15)25-18)17(21)24-11-14-7-3-2-4-8-14/h2-10H,11-13H2,1H3. The quantitative estimate of drug-likeness (QED) is 0.740. The van der Waals surface area contributed by atoms with Crippen LogP contribution in [-0.4, -0.2) is 32.4 Å². The lowest BCUT2D eigenvalue weighted by Crippen LogP contribution is -2.54. The maximum absolute atomic E-state index is 12.7. The summed E-state index contributed by atoms with van der Waals surface area (Å²) in [4.78, 5) is 14.0. The Morgan fingerprint density at radius 1 is 1.19 bits per heavy atom. The number of nitrogens with zero attached hydrogens (tertiary/aromatic N) is 1. The zero-order valence-electron chi connectivity index (χ0n) is 14.1. The van der Waals surface area contributed by atoms with Crippen molar-refractivity contribution in [1.82, 2.24) is 0 Å². The maximum Gasteiger partial charge on any atom is 0.414 e. The van der Waals surface area contributed by atoms with Crippen LogP contribution in [0.25, 0.3) is 0 Å². The Hall–Kier alpha value is -2.25. The third-order valence-corrected chi connectivity index (χ3v) is 5.19. The average molecular weight is 396 g/mol. The van der Waals surface area contributed by atoms with Gasteiger partial charge in [-0.1, -0.05) is 42.5 Å². The summed E-state index contributed by atoms with van der Waals surface area (Å²) < 4.78 is 34.3. The molecule has 1 atom stereocenters. The smallest absolute Gasteiger partial charge is 0.414 e. The second-order valence-corrected chi connectivity index (χ2v) is 9.11. The second-order valence-electron chi connectivity index (χ2n) is 6.33. The minimum absolute atomic E-state index is 0.00356. The molecule has 0 N–H and O–H groups in total. The van der Waals surface area contributed by atoms with Crippen LogP contribution in [0.15, 0.2) is 54.6 Å². The highest BCUT2D eigenvalue weighted by Crippen LogP contribution is 2.38. The van der Waals surface area contributed by atoms with E-state index in [1.54, 1.807) is 31.2 Å². The number of carbonyl (C=O) groups excluding carboxylic acids is 1. The molecular weight excluding hydrogens is 378 g/mol. The largest absolute Gasteiger partial charge is 0.482 e. The fourth-order valence-corrected chi connectivity index (χ4v) is 4.46. The number of hydrogen-bond donors (Lipinski definition) is 0. The molecule has 2 aromatic carbocycles. The molecule has 6 nitrogen and oxygen atoms in total. The molecule has 0 saturated heterocycles. The molecule has 0 spiro atoms. The Balaban J connectivity index is 1.83. The van der Waals surface area contributed by atoms with E-state index in [4.69, 9.17) is 20.2 Å². The van der Waals surface area contributed by atoms with Crippen molar-refractivity contribution in [3.63, 3.8) is 0 Å². The predicted octanol–water partition coefficient (Wildman–Crippen LogP) is 3.55. The van der Waals surface area contributed by atoms with Crippen LogP contribution in [0, 0.1) is 0 Å². The Kier molecular flexibility index (Phi) is 5.11. The van der Waals surface area contributed by atoms with Gasteiger partial charge >= 0.3 is 6.09 Å². The molecular formula is C18H18ClNO5S. The van der Waals surface area contributed by atoms with E-state index in [0.29, 0.717) is 11.4 Å². The van der Waals surface area contributed by atoms with Crippen molar-refractivity contribution in [1.29, 1.82) is 0 Å². The normalized spacial score (nSPS) is 19.4. The van der Waals surface area contributed by atoms with Gasteiger partial charge in [0.15, 0.2) is 0 Å². The number of halogens is 1. The van der Waals surface area contributed by atoms with E-state index in [2.05, 4.69) is 0 Å². The second kappa shape index (κ2) is 7.17. The van der Waals surface area contributed by atoms with E-state index in [1.165, 1.54) is 4.90 Å². The number of amides is 1. The fraction of sp³-hybridized carbons (Fsp3) is 0.278. The molecule has 1 amide bonds. The average Bonchev–Trinajstić information content (AvgIpc) is 2.58. The number of fused-ring (bicyclic) bond motifs is 1. The minimum Gasteiger partial charge on any atom is -0.482 e. The molecule has 0 radical (unpaired) electrons. The monoisotopic (exact) mass is 395 g/mol. The lowest BCUT2D eigenvalue weighted by atomic mass is 10.1. The topological polar surface area (TPSA) is 72.9 Å². The minimum atomic E-state index is -3.82. The van der Waals surface area contributed by atoms with Crippen molar-refractivity contribution in [2.24, 2.45) is 0 Å². The lowest BCUT2D eigenvalue weighted by molar-refractivity contribution is 0.0970. The molecule has 1 heterocycles. The van der Waals surface area contributed by atoms with E-state index in [1.807, 2.05) is 30.3 Å². The summed E-state index contributed by atoms with van der Waals surface area (Å²) in [6.45, 7) is 1.72.